The lowest BCUT2D eigenvalue weighted by Gasteiger charge is -2.29. The normalized spacial score (nSPS) is 22.2. The van der Waals surface area contributed by atoms with E-state index in [1.54, 1.807) is 30.5 Å². The van der Waals surface area contributed by atoms with Crippen LogP contribution in [0.25, 0.3) is 11.1 Å². The molecule has 18 heteroatoms. The molecule has 1 aliphatic heterocycles. The van der Waals surface area contributed by atoms with Crippen molar-refractivity contribution in [2.24, 2.45) is 11.8 Å². The van der Waals surface area contributed by atoms with Crippen molar-refractivity contribution in [3.8, 4) is 11.1 Å². The molecule has 4 amide bonds. The number of amides is 4. The molecule has 0 unspecified atom stereocenters. The number of nitrogens with one attached hydrogen (secondary N) is 5. The van der Waals surface area contributed by atoms with Gasteiger partial charge in [-0.3, -0.25) is 29.1 Å². The average molecular weight is 958 g/mol. The molecule has 3 aliphatic rings. The second-order valence-electron chi connectivity index (χ2n) is 17.0. The van der Waals surface area contributed by atoms with E-state index in [9.17, 15) is 19.2 Å². The monoisotopic (exact) mass is 956 g/mol. The van der Waals surface area contributed by atoms with E-state index in [1.165, 1.54) is 7.05 Å². The number of hydrogen-bond donors (Lipinski definition) is 5. The molecule has 15 nitrogen and oxygen atoms in total. The minimum atomic E-state index is -0.338. The van der Waals surface area contributed by atoms with Gasteiger partial charge in [-0.2, -0.15) is 0 Å². The van der Waals surface area contributed by atoms with Crippen LogP contribution in [-0.4, -0.2) is 123 Å². The van der Waals surface area contributed by atoms with Crippen molar-refractivity contribution in [3.63, 3.8) is 0 Å². The maximum Gasteiger partial charge on any atom is 0.269 e. The Morgan fingerprint density at radius 1 is 0.800 bits per heavy atom. The Labute approximate surface area is 397 Å². The number of carbonyl (C=O) groups is 4. The third kappa shape index (κ3) is 15.0. The Hall–Kier alpha value is -4.09. The standard InChI is InChI=1S/C47H63Cl3N8O7/c1-51-47(62)40-16-15-36(38-27-32(48)28-39(49)42(38)50)44(57-40)53-19-24-63-25-20-54-45(60)30-7-9-33(10-8-30)56-41(59)6-4-23-64-34-11-13-35(14-12-34)65-26-21-55-46(61)37-17-22-58(2)43(37)31-5-3-18-52-29-31/h3,5,15-16,18,27-30,33-35,37,43H,4,6-14,17,19-26H2,1-2H3,(H,51,62)(H,53,57)(H,54,60)(H,55,61)(H,56,59)/t30?,33?,34?,35?,37-,43+/m0/s1. The predicted octanol–water partition coefficient (Wildman–Crippen LogP) is 6.62. The topological polar surface area (TPSA) is 185 Å². The van der Waals surface area contributed by atoms with Gasteiger partial charge in [0, 0.05) is 86.3 Å². The van der Waals surface area contributed by atoms with Crippen LogP contribution >= 0.6 is 34.8 Å². The minimum absolute atomic E-state index is 0.00160. The number of anilines is 1. The number of nitrogens with zero attached hydrogens (tertiary/aromatic N) is 3. The highest BCUT2D eigenvalue weighted by Crippen LogP contribution is 2.39. The van der Waals surface area contributed by atoms with Crippen molar-refractivity contribution in [3.05, 3.63) is 75.1 Å². The van der Waals surface area contributed by atoms with Gasteiger partial charge in [-0.05, 0) is 114 Å². The average Bonchev–Trinajstić information content (AvgIpc) is 3.71. The van der Waals surface area contributed by atoms with E-state index in [-0.39, 0.29) is 65.5 Å². The summed E-state index contributed by atoms with van der Waals surface area (Å²) in [5, 5.41) is 16.0. The van der Waals surface area contributed by atoms with Gasteiger partial charge < -0.3 is 40.8 Å². The molecule has 1 saturated heterocycles. The van der Waals surface area contributed by atoms with Crippen molar-refractivity contribution in [1.29, 1.82) is 0 Å². The minimum Gasteiger partial charge on any atom is -0.378 e. The Balaban J connectivity index is 0.769. The number of carbonyl (C=O) groups excluding carboxylic acids is 4. The third-order valence-electron chi connectivity index (χ3n) is 12.5. The van der Waals surface area contributed by atoms with Crippen LogP contribution in [0.15, 0.2) is 48.8 Å². The van der Waals surface area contributed by atoms with Crippen molar-refractivity contribution in [1.82, 2.24) is 36.1 Å². The fraction of sp³-hybridized carbons (Fsp3) is 0.574. The fourth-order valence-corrected chi connectivity index (χ4v) is 9.69. The summed E-state index contributed by atoms with van der Waals surface area (Å²) < 4.78 is 18.0. The Morgan fingerprint density at radius 2 is 1.51 bits per heavy atom. The molecule has 2 atom stereocenters. The zero-order valence-electron chi connectivity index (χ0n) is 37.4. The van der Waals surface area contributed by atoms with Gasteiger partial charge in [0.2, 0.25) is 17.7 Å². The van der Waals surface area contributed by atoms with Gasteiger partial charge in [-0.25, -0.2) is 4.98 Å². The molecule has 2 aromatic heterocycles. The first-order valence-electron chi connectivity index (χ1n) is 22.9. The molecular weight excluding hydrogens is 895 g/mol. The quantitative estimate of drug-likeness (QED) is 0.0539. The van der Waals surface area contributed by atoms with Gasteiger partial charge in [0.1, 0.15) is 11.5 Å². The van der Waals surface area contributed by atoms with Crippen LogP contribution in [0.3, 0.4) is 0 Å². The lowest BCUT2D eigenvalue weighted by atomic mass is 9.85. The van der Waals surface area contributed by atoms with Gasteiger partial charge in [0.05, 0.1) is 48.0 Å². The summed E-state index contributed by atoms with van der Waals surface area (Å²) in [7, 11) is 3.59. The lowest BCUT2D eigenvalue weighted by Crippen LogP contribution is -2.41. The third-order valence-corrected chi connectivity index (χ3v) is 13.5. The highest BCUT2D eigenvalue weighted by molar-refractivity contribution is 6.45. The van der Waals surface area contributed by atoms with Crippen molar-refractivity contribution in [2.45, 2.75) is 94.9 Å². The molecule has 2 aliphatic carbocycles. The van der Waals surface area contributed by atoms with Crippen LogP contribution in [-0.2, 0) is 28.6 Å². The molecule has 5 N–H and O–H groups in total. The van der Waals surface area contributed by atoms with Crippen molar-refractivity contribution in [2.75, 3.05) is 72.0 Å². The van der Waals surface area contributed by atoms with Crippen LogP contribution in [0.5, 0.6) is 0 Å². The predicted molar refractivity (Wildman–Crippen MR) is 252 cm³/mol. The number of rotatable bonds is 22. The first kappa shape index (κ1) is 50.3. The highest BCUT2D eigenvalue weighted by atomic mass is 35.5. The van der Waals surface area contributed by atoms with Crippen molar-refractivity contribution < 1.29 is 33.4 Å². The summed E-state index contributed by atoms with van der Waals surface area (Å²) in [6, 6.07) is 10.6. The second kappa shape index (κ2) is 25.7. The molecule has 0 bridgehead atoms. The first-order chi connectivity index (χ1) is 31.5. The van der Waals surface area contributed by atoms with Crippen LogP contribution < -0.4 is 26.6 Å². The molecular formula is C47H63Cl3N8O7. The maximum atomic E-state index is 13.0. The van der Waals surface area contributed by atoms with Crippen LogP contribution in [0.4, 0.5) is 5.82 Å². The number of pyridine rings is 2. The van der Waals surface area contributed by atoms with Gasteiger partial charge in [0.15, 0.2) is 0 Å². The molecule has 6 rings (SSSR count). The second-order valence-corrected chi connectivity index (χ2v) is 18.2. The molecule has 3 aromatic rings. The number of aromatic nitrogens is 2. The molecule has 2 saturated carbocycles. The summed E-state index contributed by atoms with van der Waals surface area (Å²) in [5.74, 6) is -0.0250. The van der Waals surface area contributed by atoms with Gasteiger partial charge >= 0.3 is 0 Å². The molecule has 354 valence electrons. The number of hydrogen-bond acceptors (Lipinski definition) is 11. The Bertz CT molecular complexity index is 2040. The van der Waals surface area contributed by atoms with Crippen LogP contribution in [0.1, 0.15) is 92.7 Å². The van der Waals surface area contributed by atoms with E-state index in [1.807, 2.05) is 18.3 Å². The molecule has 0 radical (unpaired) electrons. The summed E-state index contributed by atoms with van der Waals surface area (Å²) in [6.07, 6.45) is 12.4. The SMILES string of the molecule is CNC(=O)c1ccc(-c2cc(Cl)cc(Cl)c2Cl)c(NCCOCCNC(=O)C2CCC(NC(=O)CCCOC3CCC(OCCNC(=O)[C@H]4CCN(C)[C@@H]4c4cccnc4)CC3)CC2)n1. The molecule has 65 heavy (non-hydrogen) atoms. The molecule has 3 fully saturated rings. The van der Waals surface area contributed by atoms with E-state index in [0.29, 0.717) is 104 Å². The maximum absolute atomic E-state index is 13.0. The zero-order chi connectivity index (χ0) is 46.1. The van der Waals surface area contributed by atoms with E-state index < -0.39 is 0 Å². The number of halogens is 3. The summed E-state index contributed by atoms with van der Waals surface area (Å²) in [5.41, 5.74) is 2.49. The van der Waals surface area contributed by atoms with E-state index in [4.69, 9.17) is 49.0 Å². The van der Waals surface area contributed by atoms with Gasteiger partial charge in [0.25, 0.3) is 5.91 Å². The van der Waals surface area contributed by atoms with Crippen LogP contribution in [0, 0.1) is 11.8 Å². The highest BCUT2D eigenvalue weighted by Gasteiger charge is 2.38. The zero-order valence-corrected chi connectivity index (χ0v) is 39.6. The number of ether oxygens (including phenoxy) is 3. The van der Waals surface area contributed by atoms with Crippen LogP contribution in [0.2, 0.25) is 15.1 Å². The van der Waals surface area contributed by atoms with E-state index in [0.717, 1.165) is 57.1 Å². The molecule has 1 aromatic carbocycles. The van der Waals surface area contributed by atoms with E-state index in [2.05, 4.69) is 48.5 Å². The number of benzene rings is 1. The summed E-state index contributed by atoms with van der Waals surface area (Å²) in [6.45, 7) is 3.78. The number of likely N-dealkylation sites (tertiary alicyclic amines) is 1. The summed E-state index contributed by atoms with van der Waals surface area (Å²) >= 11 is 19.0. The van der Waals surface area contributed by atoms with E-state index >= 15 is 0 Å². The van der Waals surface area contributed by atoms with Gasteiger partial charge in [-0.1, -0.05) is 40.9 Å². The molecule has 0 spiro atoms. The van der Waals surface area contributed by atoms with Crippen molar-refractivity contribution >= 4 is 64.2 Å². The smallest absolute Gasteiger partial charge is 0.269 e. The van der Waals surface area contributed by atoms with Gasteiger partial charge in [-0.15, -0.1) is 0 Å². The lowest BCUT2D eigenvalue weighted by molar-refractivity contribution is -0.127. The molecule has 3 heterocycles. The first-order valence-corrected chi connectivity index (χ1v) is 24.0. The Kier molecular flexibility index (Phi) is 19.9. The fourth-order valence-electron chi connectivity index (χ4n) is 8.99. The largest absolute Gasteiger partial charge is 0.378 e. The summed E-state index contributed by atoms with van der Waals surface area (Å²) in [4.78, 5) is 61.9. The Morgan fingerprint density at radius 3 is 2.23 bits per heavy atom.